The summed E-state index contributed by atoms with van der Waals surface area (Å²) < 4.78 is 39.1. The number of nitrogens with one attached hydrogen (secondary N) is 2. The van der Waals surface area contributed by atoms with E-state index in [1.807, 2.05) is 24.3 Å². The number of rotatable bonds is 7. The third-order valence-electron chi connectivity index (χ3n) is 5.58. The monoisotopic (exact) mass is 520 g/mol. The number of para-hydroxylation sites is 1. The SMILES string of the molecule is COC(=O)N[C@H]1CCCN(S(=O)(=O)c2ccc(OCc3nc4ccccc4s3)cc2)[C@H]1C(=O)NO. The lowest BCUT2D eigenvalue weighted by Crippen LogP contribution is -2.62. The summed E-state index contributed by atoms with van der Waals surface area (Å²) in [4.78, 5) is 28.5. The van der Waals surface area contributed by atoms with E-state index in [9.17, 15) is 23.2 Å². The molecule has 0 aliphatic carbocycles. The number of thiazole rings is 1. The average Bonchev–Trinajstić information content (AvgIpc) is 3.30. The molecule has 0 radical (unpaired) electrons. The first-order valence-corrected chi connectivity index (χ1v) is 13.0. The quantitative estimate of drug-likeness (QED) is 0.318. The van der Waals surface area contributed by atoms with Crippen molar-refractivity contribution in [3.63, 3.8) is 0 Å². The molecule has 3 aromatic rings. The molecule has 2 amide bonds. The van der Waals surface area contributed by atoms with E-state index in [-0.39, 0.29) is 18.0 Å². The van der Waals surface area contributed by atoms with Crippen LogP contribution < -0.4 is 15.5 Å². The summed E-state index contributed by atoms with van der Waals surface area (Å²) in [7, 11) is -2.98. The summed E-state index contributed by atoms with van der Waals surface area (Å²) in [5.41, 5.74) is 2.39. The summed E-state index contributed by atoms with van der Waals surface area (Å²) in [6.45, 7) is 0.271. The highest BCUT2D eigenvalue weighted by Crippen LogP contribution is 2.28. The minimum Gasteiger partial charge on any atom is -0.486 e. The first-order valence-electron chi connectivity index (χ1n) is 10.7. The number of piperidine rings is 1. The Balaban J connectivity index is 1.50. The number of methoxy groups -OCH3 is 1. The van der Waals surface area contributed by atoms with Crippen LogP contribution in [0.15, 0.2) is 53.4 Å². The lowest BCUT2D eigenvalue weighted by Gasteiger charge is -2.38. The molecule has 2 aromatic carbocycles. The van der Waals surface area contributed by atoms with Gasteiger partial charge in [-0.3, -0.25) is 10.0 Å². The number of benzene rings is 2. The molecule has 0 unspecified atom stereocenters. The van der Waals surface area contributed by atoms with E-state index < -0.39 is 34.1 Å². The van der Waals surface area contributed by atoms with Gasteiger partial charge in [-0.25, -0.2) is 23.7 Å². The lowest BCUT2D eigenvalue weighted by atomic mass is 9.98. The van der Waals surface area contributed by atoms with Crippen LogP contribution in [-0.2, 0) is 26.2 Å². The number of hydroxylamine groups is 1. The largest absolute Gasteiger partial charge is 0.486 e. The Morgan fingerprint density at radius 2 is 1.94 bits per heavy atom. The van der Waals surface area contributed by atoms with Crippen molar-refractivity contribution in [2.75, 3.05) is 13.7 Å². The molecule has 1 aliphatic heterocycles. The maximum Gasteiger partial charge on any atom is 0.407 e. The minimum atomic E-state index is -4.14. The standard InChI is InChI=1S/C22H24N4O7S2/c1-32-22(28)24-17-6-4-12-26(20(17)21(27)25-29)35(30,31)15-10-8-14(9-11-15)33-13-19-23-16-5-2-3-7-18(16)34-19/h2-3,5,7-11,17,20,29H,4,6,12-13H2,1H3,(H,24,28)(H,25,27)/t17-,20+/m0/s1. The number of aromatic nitrogens is 1. The van der Waals surface area contributed by atoms with Gasteiger partial charge in [0.25, 0.3) is 5.91 Å². The topological polar surface area (TPSA) is 147 Å². The van der Waals surface area contributed by atoms with E-state index in [1.54, 1.807) is 0 Å². The Labute approximate surface area is 205 Å². The first-order chi connectivity index (χ1) is 16.8. The molecule has 2 atom stereocenters. The number of alkyl carbamates (subject to hydrolysis) is 1. The highest BCUT2D eigenvalue weighted by molar-refractivity contribution is 7.89. The molecule has 1 fully saturated rings. The molecular weight excluding hydrogens is 496 g/mol. The van der Waals surface area contributed by atoms with Crippen molar-refractivity contribution in [2.45, 2.75) is 36.4 Å². The van der Waals surface area contributed by atoms with Crippen LogP contribution in [0.3, 0.4) is 0 Å². The van der Waals surface area contributed by atoms with Crippen LogP contribution in [-0.4, -0.2) is 60.7 Å². The fourth-order valence-electron chi connectivity index (χ4n) is 3.95. The molecule has 4 rings (SSSR count). The van der Waals surface area contributed by atoms with Crippen LogP contribution in [0.2, 0.25) is 0 Å². The average molecular weight is 521 g/mol. The zero-order chi connectivity index (χ0) is 25.0. The number of nitrogens with zero attached hydrogens (tertiary/aromatic N) is 2. The van der Waals surface area contributed by atoms with Gasteiger partial charge in [-0.1, -0.05) is 12.1 Å². The number of amides is 2. The van der Waals surface area contributed by atoms with E-state index in [2.05, 4.69) is 15.0 Å². The number of fused-ring (bicyclic) bond motifs is 1. The predicted molar refractivity (Wildman–Crippen MR) is 127 cm³/mol. The summed E-state index contributed by atoms with van der Waals surface area (Å²) in [6.07, 6.45) is -0.0795. The zero-order valence-electron chi connectivity index (χ0n) is 18.7. The Hall–Kier alpha value is -3.26. The van der Waals surface area contributed by atoms with E-state index in [1.165, 1.54) is 41.1 Å². The van der Waals surface area contributed by atoms with Gasteiger partial charge in [0.1, 0.15) is 23.4 Å². The molecule has 0 bridgehead atoms. The second kappa shape index (κ2) is 10.6. The number of carbonyl (C=O) groups excluding carboxylic acids is 2. The number of sulfonamides is 1. The Bertz CT molecular complexity index is 1280. The second-order valence-electron chi connectivity index (χ2n) is 7.76. The number of hydrogen-bond acceptors (Lipinski definition) is 9. The summed E-state index contributed by atoms with van der Waals surface area (Å²) in [5.74, 6) is -0.498. The van der Waals surface area contributed by atoms with Crippen molar-refractivity contribution in [3.8, 4) is 5.75 Å². The van der Waals surface area contributed by atoms with Crippen LogP contribution >= 0.6 is 11.3 Å². The van der Waals surface area contributed by atoms with Crippen LogP contribution in [0.1, 0.15) is 17.8 Å². The van der Waals surface area contributed by atoms with E-state index in [4.69, 9.17) is 4.74 Å². The van der Waals surface area contributed by atoms with Gasteiger partial charge in [0, 0.05) is 6.54 Å². The normalized spacial score (nSPS) is 18.7. The van der Waals surface area contributed by atoms with Crippen molar-refractivity contribution >= 4 is 43.6 Å². The number of ether oxygens (including phenoxy) is 2. The number of hydrogen-bond donors (Lipinski definition) is 3. The molecule has 13 heteroatoms. The maximum atomic E-state index is 13.4. The summed E-state index contributed by atoms with van der Waals surface area (Å²) in [5, 5.41) is 12.5. The maximum absolute atomic E-state index is 13.4. The fraction of sp³-hybridized carbons (Fsp3) is 0.318. The Morgan fingerprint density at radius 3 is 2.63 bits per heavy atom. The molecule has 1 aliphatic rings. The zero-order valence-corrected chi connectivity index (χ0v) is 20.3. The second-order valence-corrected chi connectivity index (χ2v) is 10.8. The fourth-order valence-corrected chi connectivity index (χ4v) is 6.49. The van der Waals surface area contributed by atoms with Gasteiger partial charge in [0.15, 0.2) is 0 Å². The Kier molecular flexibility index (Phi) is 7.50. The molecule has 11 nitrogen and oxygen atoms in total. The van der Waals surface area contributed by atoms with Gasteiger partial charge in [0.2, 0.25) is 10.0 Å². The van der Waals surface area contributed by atoms with E-state index >= 15 is 0 Å². The van der Waals surface area contributed by atoms with Gasteiger partial charge < -0.3 is 14.8 Å². The van der Waals surface area contributed by atoms with Gasteiger partial charge in [-0.2, -0.15) is 4.31 Å². The molecule has 3 N–H and O–H groups in total. The van der Waals surface area contributed by atoms with Gasteiger partial charge in [-0.15, -0.1) is 11.3 Å². The summed E-state index contributed by atoms with van der Waals surface area (Å²) >= 11 is 1.52. The lowest BCUT2D eigenvalue weighted by molar-refractivity contribution is -0.134. The van der Waals surface area contributed by atoms with Crippen molar-refractivity contribution in [1.29, 1.82) is 0 Å². The van der Waals surface area contributed by atoms with Crippen molar-refractivity contribution in [1.82, 2.24) is 20.1 Å². The minimum absolute atomic E-state index is 0.0373. The van der Waals surface area contributed by atoms with Crippen molar-refractivity contribution in [2.24, 2.45) is 0 Å². The van der Waals surface area contributed by atoms with Crippen LogP contribution in [0.5, 0.6) is 5.75 Å². The number of carbonyl (C=O) groups is 2. The molecular formula is C22H24N4O7S2. The smallest absolute Gasteiger partial charge is 0.407 e. The molecule has 35 heavy (non-hydrogen) atoms. The molecule has 186 valence electrons. The molecule has 1 saturated heterocycles. The van der Waals surface area contributed by atoms with Gasteiger partial charge >= 0.3 is 6.09 Å². The molecule has 2 heterocycles. The summed E-state index contributed by atoms with van der Waals surface area (Å²) in [6, 6.07) is 11.3. The highest BCUT2D eigenvalue weighted by Gasteiger charge is 2.44. The van der Waals surface area contributed by atoms with Crippen LogP contribution in [0, 0.1) is 0 Å². The Morgan fingerprint density at radius 1 is 1.20 bits per heavy atom. The highest BCUT2D eigenvalue weighted by atomic mass is 32.2. The van der Waals surface area contributed by atoms with E-state index in [0.29, 0.717) is 18.6 Å². The van der Waals surface area contributed by atoms with Gasteiger partial charge in [0.05, 0.1) is 28.3 Å². The van der Waals surface area contributed by atoms with Crippen molar-refractivity contribution < 1.29 is 32.7 Å². The van der Waals surface area contributed by atoms with Crippen LogP contribution in [0.25, 0.3) is 10.2 Å². The predicted octanol–water partition coefficient (Wildman–Crippen LogP) is 2.26. The van der Waals surface area contributed by atoms with E-state index in [0.717, 1.165) is 26.6 Å². The molecule has 0 spiro atoms. The molecule has 0 saturated carbocycles. The third-order valence-corrected chi connectivity index (χ3v) is 8.49. The first kappa shape index (κ1) is 24.9. The van der Waals surface area contributed by atoms with Crippen molar-refractivity contribution in [3.05, 3.63) is 53.5 Å². The van der Waals surface area contributed by atoms with Crippen LogP contribution in [0.4, 0.5) is 4.79 Å². The molecule has 1 aromatic heterocycles. The van der Waals surface area contributed by atoms with Gasteiger partial charge in [-0.05, 0) is 49.2 Å². The third kappa shape index (κ3) is 5.37.